The van der Waals surface area contributed by atoms with Crippen LogP contribution in [0.4, 0.5) is 4.39 Å². The van der Waals surface area contributed by atoms with Gasteiger partial charge in [-0.05, 0) is 45.0 Å². The lowest BCUT2D eigenvalue weighted by atomic mass is 10.1. The number of esters is 2. The number of fused-ring (bicyclic) bond motifs is 3. The summed E-state index contributed by atoms with van der Waals surface area (Å²) in [6, 6.07) is 6.25. The van der Waals surface area contributed by atoms with E-state index in [0.717, 1.165) is 0 Å². The van der Waals surface area contributed by atoms with Crippen LogP contribution in [0.1, 0.15) is 19.4 Å². The Kier molecular flexibility index (Phi) is 4.57. The number of hydrogen-bond donors (Lipinski definition) is 0. The summed E-state index contributed by atoms with van der Waals surface area (Å²) in [7, 11) is 0. The van der Waals surface area contributed by atoms with Crippen molar-refractivity contribution in [2.24, 2.45) is 0 Å². The fourth-order valence-corrected chi connectivity index (χ4v) is 2.53. The van der Waals surface area contributed by atoms with E-state index in [1.165, 1.54) is 13.0 Å². The van der Waals surface area contributed by atoms with E-state index in [1.54, 1.807) is 32.0 Å². The second kappa shape index (κ2) is 6.72. The number of halogens is 1. The van der Waals surface area contributed by atoms with Gasteiger partial charge in [-0.15, -0.1) is 0 Å². The van der Waals surface area contributed by atoms with Gasteiger partial charge in [0.2, 0.25) is 5.82 Å². The number of carbonyl (C=O) groups excluding carboxylic acids is 2. The molecule has 5 nitrogen and oxygen atoms in total. The van der Waals surface area contributed by atoms with Crippen LogP contribution in [0.3, 0.4) is 0 Å². The third-order valence-corrected chi connectivity index (χ3v) is 4.01. The Morgan fingerprint density at radius 2 is 1.37 bits per heavy atom. The van der Waals surface area contributed by atoms with Gasteiger partial charge in [-0.3, -0.25) is 0 Å². The Hall–Kier alpha value is -3.41. The van der Waals surface area contributed by atoms with Crippen LogP contribution in [0, 0.1) is 12.7 Å². The van der Waals surface area contributed by atoms with Gasteiger partial charge in [0, 0.05) is 27.5 Å². The van der Waals surface area contributed by atoms with Gasteiger partial charge in [0.25, 0.3) is 0 Å². The molecule has 1 aromatic heterocycles. The molecule has 0 unspecified atom stereocenters. The van der Waals surface area contributed by atoms with Crippen molar-refractivity contribution in [3.05, 3.63) is 60.0 Å². The van der Waals surface area contributed by atoms with Crippen molar-refractivity contribution in [3.63, 3.8) is 0 Å². The van der Waals surface area contributed by atoms with Crippen molar-refractivity contribution in [2.45, 2.75) is 20.8 Å². The molecule has 6 heteroatoms. The third-order valence-electron chi connectivity index (χ3n) is 4.01. The Morgan fingerprint density at radius 3 is 1.93 bits per heavy atom. The quantitative estimate of drug-likeness (QED) is 0.368. The molecule has 0 saturated heterocycles. The van der Waals surface area contributed by atoms with Crippen molar-refractivity contribution >= 4 is 33.9 Å². The number of benzene rings is 2. The zero-order valence-electron chi connectivity index (χ0n) is 15.1. The minimum Gasteiger partial charge on any atom is -0.452 e. The highest BCUT2D eigenvalue weighted by atomic mass is 19.1. The maximum atomic E-state index is 14.8. The van der Waals surface area contributed by atoms with Crippen LogP contribution in [-0.2, 0) is 9.59 Å². The molecular formula is C21H17FO5. The molecule has 2 aromatic carbocycles. The van der Waals surface area contributed by atoms with Crippen LogP contribution in [0.2, 0.25) is 0 Å². The first-order chi connectivity index (χ1) is 12.7. The molecule has 138 valence electrons. The Morgan fingerprint density at radius 1 is 0.889 bits per heavy atom. The fraction of sp³-hybridized carbons (Fsp3) is 0.143. The lowest BCUT2D eigenvalue weighted by Crippen LogP contribution is -2.09. The van der Waals surface area contributed by atoms with Gasteiger partial charge in [0.05, 0.1) is 0 Å². The van der Waals surface area contributed by atoms with E-state index in [9.17, 15) is 14.0 Å². The van der Waals surface area contributed by atoms with E-state index in [1.807, 2.05) is 0 Å². The normalized spacial score (nSPS) is 10.8. The first-order valence-corrected chi connectivity index (χ1v) is 8.10. The molecule has 0 aliphatic rings. The largest absolute Gasteiger partial charge is 0.452 e. The molecule has 27 heavy (non-hydrogen) atoms. The highest BCUT2D eigenvalue weighted by Gasteiger charge is 2.20. The summed E-state index contributed by atoms with van der Waals surface area (Å²) in [5, 5.41) is 1.16. The van der Waals surface area contributed by atoms with E-state index in [4.69, 9.17) is 13.9 Å². The lowest BCUT2D eigenvalue weighted by molar-refractivity contribution is -0.131. The summed E-state index contributed by atoms with van der Waals surface area (Å²) < 4.78 is 30.7. The minimum atomic E-state index is -0.793. The average molecular weight is 368 g/mol. The van der Waals surface area contributed by atoms with E-state index in [0.29, 0.717) is 27.7 Å². The zero-order chi connectivity index (χ0) is 19.9. The standard InChI is InChI=1S/C21H17FO5/c1-10(2)20(23)25-15-8-6-13-14-7-9-16(26-21(24)11(3)4)17(22)19(14)27-18(13)12(15)5/h6-9H,1,3H2,2,4-5H3. The number of carbonyl (C=O) groups is 2. The summed E-state index contributed by atoms with van der Waals surface area (Å²) in [6.07, 6.45) is 0. The molecule has 0 saturated carbocycles. The second-order valence-corrected chi connectivity index (χ2v) is 6.26. The van der Waals surface area contributed by atoms with Crippen LogP contribution in [0.5, 0.6) is 11.5 Å². The van der Waals surface area contributed by atoms with Crippen molar-refractivity contribution in [1.29, 1.82) is 0 Å². The summed E-state index contributed by atoms with van der Waals surface area (Å²) in [6.45, 7) is 11.7. The van der Waals surface area contributed by atoms with Crippen LogP contribution in [-0.4, -0.2) is 11.9 Å². The van der Waals surface area contributed by atoms with Crippen LogP contribution < -0.4 is 9.47 Å². The van der Waals surface area contributed by atoms with Gasteiger partial charge >= 0.3 is 11.9 Å². The van der Waals surface area contributed by atoms with Gasteiger partial charge in [-0.2, -0.15) is 4.39 Å². The molecule has 0 spiro atoms. The SMILES string of the molecule is C=C(C)C(=O)Oc1ccc2c(oc3c(F)c(OC(=O)C(=C)C)ccc32)c1C. The Labute approximate surface area is 154 Å². The zero-order valence-corrected chi connectivity index (χ0v) is 15.1. The van der Waals surface area contributed by atoms with E-state index < -0.39 is 17.8 Å². The Bertz CT molecular complexity index is 1050. The second-order valence-electron chi connectivity index (χ2n) is 6.26. The first-order valence-electron chi connectivity index (χ1n) is 8.10. The van der Waals surface area contributed by atoms with E-state index in [-0.39, 0.29) is 22.5 Å². The monoisotopic (exact) mass is 368 g/mol. The number of hydrogen-bond acceptors (Lipinski definition) is 5. The van der Waals surface area contributed by atoms with Gasteiger partial charge in [0.15, 0.2) is 11.3 Å². The van der Waals surface area contributed by atoms with Gasteiger partial charge < -0.3 is 13.9 Å². The molecule has 0 bridgehead atoms. The summed E-state index contributed by atoms with van der Waals surface area (Å²) in [5.41, 5.74) is 1.27. The van der Waals surface area contributed by atoms with Gasteiger partial charge in [-0.1, -0.05) is 13.2 Å². The number of furan rings is 1. The predicted octanol–water partition coefficient (Wildman–Crippen LogP) is 5.00. The van der Waals surface area contributed by atoms with E-state index >= 15 is 0 Å². The molecule has 0 aliphatic heterocycles. The highest BCUT2D eigenvalue weighted by molar-refractivity contribution is 6.07. The summed E-state index contributed by atoms with van der Waals surface area (Å²) in [5.74, 6) is -2.04. The predicted molar refractivity (Wildman–Crippen MR) is 99.3 cm³/mol. The number of rotatable bonds is 4. The summed E-state index contributed by atoms with van der Waals surface area (Å²) >= 11 is 0. The lowest BCUT2D eigenvalue weighted by Gasteiger charge is -2.07. The fourth-order valence-electron chi connectivity index (χ4n) is 2.53. The molecule has 0 amide bonds. The molecular weight excluding hydrogens is 351 g/mol. The van der Waals surface area contributed by atoms with Crippen molar-refractivity contribution in [1.82, 2.24) is 0 Å². The molecule has 3 aromatic rings. The number of aryl methyl sites for hydroxylation is 1. The van der Waals surface area contributed by atoms with Crippen molar-refractivity contribution in [2.75, 3.05) is 0 Å². The molecule has 1 heterocycles. The van der Waals surface area contributed by atoms with Gasteiger partial charge in [0.1, 0.15) is 11.3 Å². The van der Waals surface area contributed by atoms with E-state index in [2.05, 4.69) is 13.2 Å². The molecule has 3 rings (SSSR count). The molecule has 0 fully saturated rings. The van der Waals surface area contributed by atoms with Crippen molar-refractivity contribution < 1.29 is 27.9 Å². The topological polar surface area (TPSA) is 65.7 Å². The van der Waals surface area contributed by atoms with Crippen LogP contribution in [0.25, 0.3) is 21.9 Å². The van der Waals surface area contributed by atoms with Crippen molar-refractivity contribution in [3.8, 4) is 11.5 Å². The highest BCUT2D eigenvalue weighted by Crippen LogP contribution is 2.38. The molecule has 0 N–H and O–H groups in total. The minimum absolute atomic E-state index is 0.0523. The van der Waals surface area contributed by atoms with Crippen LogP contribution >= 0.6 is 0 Å². The molecule has 0 atom stereocenters. The summed E-state index contributed by atoms with van der Waals surface area (Å²) in [4.78, 5) is 23.4. The van der Waals surface area contributed by atoms with Gasteiger partial charge in [-0.25, -0.2) is 9.59 Å². The average Bonchev–Trinajstić information content (AvgIpc) is 2.99. The first kappa shape index (κ1) is 18.4. The molecule has 0 radical (unpaired) electrons. The maximum absolute atomic E-state index is 14.8. The smallest absolute Gasteiger partial charge is 0.338 e. The Balaban J connectivity index is 2.12. The maximum Gasteiger partial charge on any atom is 0.338 e. The third kappa shape index (κ3) is 3.21. The number of ether oxygens (including phenoxy) is 2. The van der Waals surface area contributed by atoms with Crippen LogP contribution in [0.15, 0.2) is 53.0 Å². The molecule has 0 aliphatic carbocycles.